The number of hydrogen-bond donors (Lipinski definition) is 1. The molecule has 0 fully saturated rings. The van der Waals surface area contributed by atoms with Crippen molar-refractivity contribution in [3.63, 3.8) is 0 Å². The third-order valence-corrected chi connectivity index (χ3v) is 5.58. The first kappa shape index (κ1) is 19.6. The molecule has 1 unspecified atom stereocenters. The van der Waals surface area contributed by atoms with E-state index in [-0.39, 0.29) is 13.2 Å². The van der Waals surface area contributed by atoms with E-state index in [0.717, 1.165) is 16.7 Å². The lowest BCUT2D eigenvalue weighted by atomic mass is 9.88. The molecule has 0 radical (unpaired) electrons. The lowest BCUT2D eigenvalue weighted by Crippen LogP contribution is -2.47. The number of nitrogens with zero attached hydrogens (tertiary/aromatic N) is 4. The van der Waals surface area contributed by atoms with Crippen LogP contribution in [0.3, 0.4) is 0 Å². The molecule has 0 bridgehead atoms. The number of hydrogen-bond acceptors (Lipinski definition) is 7. The number of nitriles is 1. The Bertz CT molecular complexity index is 1280. The standard InChI is InChI=1S/C24H19N5O3/c1-24(13-25)11-17-9-20-21(32-14-31-20)10-19(17)22(15-4-6-18(26)7-5-15)28-29(24)23(30)16-3-2-8-27-12-16/h2-10,12H,11,14,26H2,1H3. The third kappa shape index (κ3) is 3.20. The normalized spacial score (nSPS) is 18.9. The Kier molecular flexibility index (Phi) is 4.52. The van der Waals surface area contributed by atoms with Gasteiger partial charge in [0.15, 0.2) is 17.0 Å². The molecule has 5 rings (SSSR count). The van der Waals surface area contributed by atoms with E-state index in [2.05, 4.69) is 11.1 Å². The number of fused-ring (bicyclic) bond motifs is 2. The van der Waals surface area contributed by atoms with Crippen LogP contribution in [0.5, 0.6) is 11.5 Å². The number of rotatable bonds is 2. The highest BCUT2D eigenvalue weighted by Crippen LogP contribution is 2.39. The van der Waals surface area contributed by atoms with Crippen molar-refractivity contribution in [2.45, 2.75) is 18.9 Å². The van der Waals surface area contributed by atoms with E-state index < -0.39 is 11.4 Å². The highest BCUT2D eigenvalue weighted by molar-refractivity contribution is 6.15. The summed E-state index contributed by atoms with van der Waals surface area (Å²) in [4.78, 5) is 17.5. The van der Waals surface area contributed by atoms with Crippen LogP contribution in [-0.2, 0) is 6.42 Å². The van der Waals surface area contributed by atoms with Gasteiger partial charge in [0.05, 0.1) is 17.3 Å². The van der Waals surface area contributed by atoms with Crippen LogP contribution in [0.15, 0.2) is 66.0 Å². The Morgan fingerprint density at radius 3 is 2.62 bits per heavy atom. The van der Waals surface area contributed by atoms with Gasteiger partial charge >= 0.3 is 0 Å². The molecule has 0 spiro atoms. The number of pyridine rings is 1. The Balaban J connectivity index is 1.74. The molecule has 32 heavy (non-hydrogen) atoms. The molecule has 2 aliphatic heterocycles. The summed E-state index contributed by atoms with van der Waals surface area (Å²) in [6.07, 6.45) is 3.30. The SMILES string of the molecule is CC1(C#N)Cc2cc3c(cc2C(c2ccc(N)cc2)=NN1C(=O)c1cccnc1)OCO3. The maximum absolute atomic E-state index is 13.5. The second-order valence-corrected chi connectivity index (χ2v) is 7.85. The number of hydrazone groups is 1. The molecule has 2 aliphatic rings. The van der Waals surface area contributed by atoms with Crippen LogP contribution in [0, 0.1) is 11.3 Å². The van der Waals surface area contributed by atoms with E-state index in [1.54, 1.807) is 37.4 Å². The summed E-state index contributed by atoms with van der Waals surface area (Å²) < 4.78 is 11.1. The molecule has 1 aromatic heterocycles. The van der Waals surface area contributed by atoms with Gasteiger partial charge in [0.2, 0.25) is 6.79 Å². The summed E-state index contributed by atoms with van der Waals surface area (Å²) >= 11 is 0. The van der Waals surface area contributed by atoms with Crippen LogP contribution in [0.1, 0.15) is 34.0 Å². The van der Waals surface area contributed by atoms with Crippen molar-refractivity contribution in [2.24, 2.45) is 5.10 Å². The van der Waals surface area contributed by atoms with E-state index in [0.29, 0.717) is 28.5 Å². The van der Waals surface area contributed by atoms with E-state index >= 15 is 0 Å². The molecule has 8 heteroatoms. The number of carbonyl (C=O) groups excluding carboxylic acids is 1. The molecule has 0 saturated carbocycles. The Labute approximate surface area is 184 Å². The minimum Gasteiger partial charge on any atom is -0.454 e. The molecule has 2 N–H and O–H groups in total. The average molecular weight is 425 g/mol. The van der Waals surface area contributed by atoms with Gasteiger partial charge in [0.1, 0.15) is 0 Å². The molecule has 2 aromatic carbocycles. The fraction of sp³-hybridized carbons (Fsp3) is 0.167. The van der Waals surface area contributed by atoms with E-state index in [9.17, 15) is 10.1 Å². The van der Waals surface area contributed by atoms with Gasteiger partial charge in [-0.1, -0.05) is 12.1 Å². The number of aromatic nitrogens is 1. The van der Waals surface area contributed by atoms with Crippen LogP contribution in [0.2, 0.25) is 0 Å². The van der Waals surface area contributed by atoms with Gasteiger partial charge < -0.3 is 15.2 Å². The first-order valence-corrected chi connectivity index (χ1v) is 10.0. The van der Waals surface area contributed by atoms with Crippen molar-refractivity contribution in [1.29, 1.82) is 5.26 Å². The highest BCUT2D eigenvalue weighted by Gasteiger charge is 2.41. The predicted molar refractivity (Wildman–Crippen MR) is 117 cm³/mol. The molecular weight excluding hydrogens is 406 g/mol. The Hall–Kier alpha value is -4.38. The zero-order chi connectivity index (χ0) is 22.3. The summed E-state index contributed by atoms with van der Waals surface area (Å²) in [6, 6.07) is 16.5. The summed E-state index contributed by atoms with van der Waals surface area (Å²) in [5, 5.41) is 16.2. The van der Waals surface area contributed by atoms with Crippen LogP contribution in [0.4, 0.5) is 5.69 Å². The van der Waals surface area contributed by atoms with Crippen LogP contribution >= 0.6 is 0 Å². The molecule has 0 saturated heterocycles. The monoisotopic (exact) mass is 425 g/mol. The number of benzene rings is 2. The lowest BCUT2D eigenvalue weighted by molar-refractivity contribution is 0.0622. The minimum absolute atomic E-state index is 0.133. The maximum Gasteiger partial charge on any atom is 0.277 e. The van der Waals surface area contributed by atoms with Crippen molar-refractivity contribution in [3.8, 4) is 17.6 Å². The number of ether oxygens (including phenoxy) is 2. The fourth-order valence-corrected chi connectivity index (χ4v) is 3.88. The first-order valence-electron chi connectivity index (χ1n) is 10.0. The Morgan fingerprint density at radius 2 is 1.94 bits per heavy atom. The quantitative estimate of drug-likeness (QED) is 0.631. The molecule has 1 atom stereocenters. The highest BCUT2D eigenvalue weighted by atomic mass is 16.7. The van der Waals surface area contributed by atoms with Gasteiger partial charge in [-0.15, -0.1) is 0 Å². The second-order valence-electron chi connectivity index (χ2n) is 7.85. The molecule has 1 amide bonds. The molecule has 0 aliphatic carbocycles. The number of carbonyl (C=O) groups is 1. The summed E-state index contributed by atoms with van der Waals surface area (Å²) in [7, 11) is 0. The number of anilines is 1. The third-order valence-electron chi connectivity index (χ3n) is 5.58. The zero-order valence-corrected chi connectivity index (χ0v) is 17.3. The number of nitrogens with two attached hydrogens (primary N) is 1. The van der Waals surface area contributed by atoms with Crippen LogP contribution < -0.4 is 15.2 Å². The van der Waals surface area contributed by atoms with Gasteiger partial charge in [-0.2, -0.15) is 10.4 Å². The predicted octanol–water partition coefficient (Wildman–Crippen LogP) is 3.13. The summed E-state index contributed by atoms with van der Waals surface area (Å²) in [5.41, 5.74) is 8.47. The summed E-state index contributed by atoms with van der Waals surface area (Å²) in [6.45, 7) is 1.83. The van der Waals surface area contributed by atoms with Crippen LogP contribution in [-0.4, -0.2) is 33.9 Å². The molecular formula is C24H19N5O3. The molecule has 8 nitrogen and oxygen atoms in total. The molecule has 158 valence electrons. The minimum atomic E-state index is -1.25. The number of nitrogen functional groups attached to an aromatic ring is 1. The van der Waals surface area contributed by atoms with Crippen molar-refractivity contribution >= 4 is 17.3 Å². The van der Waals surface area contributed by atoms with Crippen molar-refractivity contribution in [1.82, 2.24) is 9.99 Å². The second kappa shape index (κ2) is 7.39. The van der Waals surface area contributed by atoms with Gasteiger partial charge in [0.25, 0.3) is 5.91 Å². The molecule has 3 aromatic rings. The largest absolute Gasteiger partial charge is 0.454 e. The Morgan fingerprint density at radius 1 is 1.19 bits per heavy atom. The molecule has 3 heterocycles. The van der Waals surface area contributed by atoms with Crippen molar-refractivity contribution in [2.75, 3.05) is 12.5 Å². The fourth-order valence-electron chi connectivity index (χ4n) is 3.88. The first-order chi connectivity index (χ1) is 15.5. The van der Waals surface area contributed by atoms with Gasteiger partial charge in [0, 0.05) is 35.6 Å². The maximum atomic E-state index is 13.5. The van der Waals surface area contributed by atoms with Gasteiger partial charge in [-0.05, 0) is 48.9 Å². The summed E-state index contributed by atoms with van der Waals surface area (Å²) in [5.74, 6) is 0.785. The topological polar surface area (TPSA) is 114 Å². The van der Waals surface area contributed by atoms with Gasteiger partial charge in [-0.3, -0.25) is 9.78 Å². The van der Waals surface area contributed by atoms with Crippen molar-refractivity contribution in [3.05, 3.63) is 83.2 Å². The smallest absolute Gasteiger partial charge is 0.277 e. The van der Waals surface area contributed by atoms with E-state index in [1.165, 1.54) is 11.2 Å². The zero-order valence-electron chi connectivity index (χ0n) is 17.3. The lowest BCUT2D eigenvalue weighted by Gasteiger charge is -2.30. The van der Waals surface area contributed by atoms with Crippen molar-refractivity contribution < 1.29 is 14.3 Å². The van der Waals surface area contributed by atoms with E-state index in [1.807, 2.05) is 24.3 Å². The number of amides is 1. The average Bonchev–Trinajstić information content (AvgIpc) is 3.23. The van der Waals surface area contributed by atoms with E-state index in [4.69, 9.17) is 20.3 Å². The van der Waals surface area contributed by atoms with Gasteiger partial charge in [-0.25, -0.2) is 5.01 Å². The van der Waals surface area contributed by atoms with Crippen LogP contribution in [0.25, 0.3) is 0 Å².